The molecular weight excluding hydrogens is 494 g/mol. The average Bonchev–Trinajstić information content (AvgIpc) is 2.94. The summed E-state index contributed by atoms with van der Waals surface area (Å²) in [5.41, 5.74) is 16.7. The van der Waals surface area contributed by atoms with E-state index >= 15 is 0 Å². The summed E-state index contributed by atoms with van der Waals surface area (Å²) in [6, 6.07) is 18.7. The lowest BCUT2D eigenvalue weighted by Gasteiger charge is -2.30. The van der Waals surface area contributed by atoms with Crippen LogP contribution in [-0.4, -0.2) is 25.3 Å². The molecule has 3 aromatic rings. The van der Waals surface area contributed by atoms with Gasteiger partial charge >= 0.3 is 12.0 Å². The average molecular weight is 526 g/mol. The second-order valence-electron chi connectivity index (χ2n) is 8.93. The molecule has 0 aromatic heterocycles. The van der Waals surface area contributed by atoms with Crippen molar-refractivity contribution in [3.63, 3.8) is 0 Å². The SMILES string of the molecule is C=CC=Nc1ccc(C2NC(=O)NC(CCc3cccc(OC)c3)=C2C(=O)OCc2cccc(N)c2)cc1N. The molecular formula is C30H31N5O4. The molecule has 6 N–H and O–H groups in total. The number of nitrogens with one attached hydrogen (secondary N) is 2. The zero-order valence-corrected chi connectivity index (χ0v) is 21.6. The fraction of sp³-hybridized carbons (Fsp3) is 0.167. The maximum atomic E-state index is 13.6. The standard InChI is InChI=1S/C30H31N5O4/c1-3-14-33-25-13-11-21(17-24(25)32)28-27(29(36)39-18-20-7-4-8-22(31)15-20)26(34-30(37)35-28)12-10-19-6-5-9-23(16-19)38-2/h3-9,11,13-17,28H,1,10,12,18,31-32H2,2H3,(H2,34,35,37). The van der Waals surface area contributed by atoms with E-state index in [-0.39, 0.29) is 6.61 Å². The van der Waals surface area contributed by atoms with Gasteiger partial charge in [0.05, 0.1) is 30.1 Å². The molecule has 0 radical (unpaired) electrons. The zero-order valence-electron chi connectivity index (χ0n) is 21.6. The third-order valence-electron chi connectivity index (χ3n) is 6.20. The summed E-state index contributed by atoms with van der Waals surface area (Å²) in [7, 11) is 1.60. The maximum Gasteiger partial charge on any atom is 0.338 e. The summed E-state index contributed by atoms with van der Waals surface area (Å²) in [6.45, 7) is 3.64. The highest BCUT2D eigenvalue weighted by Crippen LogP contribution is 2.33. The molecule has 0 bridgehead atoms. The number of aliphatic imine (C=N–C) groups is 1. The first kappa shape index (κ1) is 27.0. The molecule has 200 valence electrons. The van der Waals surface area contributed by atoms with E-state index in [1.54, 1.807) is 49.6 Å². The molecule has 1 unspecified atom stereocenters. The van der Waals surface area contributed by atoms with Crippen molar-refractivity contribution in [1.82, 2.24) is 10.6 Å². The number of esters is 1. The third kappa shape index (κ3) is 6.84. The van der Waals surface area contributed by atoms with E-state index in [1.165, 1.54) is 6.21 Å². The van der Waals surface area contributed by atoms with Crippen LogP contribution in [0.5, 0.6) is 5.75 Å². The van der Waals surface area contributed by atoms with Crippen LogP contribution >= 0.6 is 0 Å². The highest BCUT2D eigenvalue weighted by molar-refractivity contribution is 5.95. The Morgan fingerprint density at radius 2 is 1.85 bits per heavy atom. The van der Waals surface area contributed by atoms with Crippen LogP contribution in [0.25, 0.3) is 0 Å². The predicted molar refractivity (Wildman–Crippen MR) is 153 cm³/mol. The molecule has 9 nitrogen and oxygen atoms in total. The number of benzene rings is 3. The monoisotopic (exact) mass is 525 g/mol. The molecule has 0 aliphatic carbocycles. The predicted octanol–water partition coefficient (Wildman–Crippen LogP) is 4.73. The Morgan fingerprint density at radius 3 is 2.59 bits per heavy atom. The Balaban J connectivity index is 1.68. The van der Waals surface area contributed by atoms with E-state index < -0.39 is 18.0 Å². The molecule has 1 heterocycles. The smallest absolute Gasteiger partial charge is 0.338 e. The van der Waals surface area contributed by atoms with Gasteiger partial charge in [0, 0.05) is 17.6 Å². The number of allylic oxidation sites excluding steroid dienone is 2. The number of anilines is 2. The molecule has 0 fully saturated rings. The van der Waals surface area contributed by atoms with E-state index in [2.05, 4.69) is 22.2 Å². The van der Waals surface area contributed by atoms with Gasteiger partial charge < -0.3 is 31.6 Å². The summed E-state index contributed by atoms with van der Waals surface area (Å²) in [6.07, 6.45) is 4.03. The van der Waals surface area contributed by atoms with Gasteiger partial charge in [0.2, 0.25) is 0 Å². The van der Waals surface area contributed by atoms with Crippen molar-refractivity contribution in [2.24, 2.45) is 4.99 Å². The molecule has 9 heteroatoms. The Hall–Kier alpha value is -5.05. The Labute approximate surface area is 227 Å². The fourth-order valence-electron chi connectivity index (χ4n) is 4.32. The van der Waals surface area contributed by atoms with Crippen LogP contribution < -0.4 is 26.8 Å². The lowest BCUT2D eigenvalue weighted by atomic mass is 9.92. The summed E-state index contributed by atoms with van der Waals surface area (Å²) in [5.74, 6) is 0.160. The van der Waals surface area contributed by atoms with Crippen LogP contribution in [0.1, 0.15) is 29.2 Å². The van der Waals surface area contributed by atoms with Crippen LogP contribution in [0, 0.1) is 0 Å². The number of urea groups is 1. The number of hydrogen-bond donors (Lipinski definition) is 4. The first-order chi connectivity index (χ1) is 18.9. The van der Waals surface area contributed by atoms with Crippen molar-refractivity contribution in [3.8, 4) is 5.75 Å². The summed E-state index contributed by atoms with van der Waals surface area (Å²) in [4.78, 5) is 30.6. The van der Waals surface area contributed by atoms with Crippen LogP contribution in [-0.2, 0) is 22.6 Å². The maximum absolute atomic E-state index is 13.6. The molecule has 0 saturated heterocycles. The van der Waals surface area contributed by atoms with Gasteiger partial charge in [0.1, 0.15) is 12.4 Å². The quantitative estimate of drug-likeness (QED) is 0.171. The first-order valence-corrected chi connectivity index (χ1v) is 12.4. The lowest BCUT2D eigenvalue weighted by molar-refractivity contribution is -0.140. The fourth-order valence-corrected chi connectivity index (χ4v) is 4.32. The van der Waals surface area contributed by atoms with Gasteiger partial charge in [-0.3, -0.25) is 4.99 Å². The number of hydrogen-bond acceptors (Lipinski definition) is 7. The highest BCUT2D eigenvalue weighted by Gasteiger charge is 2.34. The lowest BCUT2D eigenvalue weighted by Crippen LogP contribution is -2.46. The van der Waals surface area contributed by atoms with Gasteiger partial charge in [0.15, 0.2) is 0 Å². The molecule has 39 heavy (non-hydrogen) atoms. The molecule has 3 aromatic carbocycles. The van der Waals surface area contributed by atoms with Crippen molar-refractivity contribution in [2.45, 2.75) is 25.5 Å². The van der Waals surface area contributed by atoms with Gasteiger partial charge in [-0.15, -0.1) is 0 Å². The molecule has 4 rings (SSSR count). The Kier molecular flexibility index (Phi) is 8.63. The van der Waals surface area contributed by atoms with Gasteiger partial charge in [-0.1, -0.05) is 43.0 Å². The number of carbonyl (C=O) groups is 2. The largest absolute Gasteiger partial charge is 0.497 e. The molecule has 1 aliphatic heterocycles. The van der Waals surface area contributed by atoms with Crippen LogP contribution in [0.3, 0.4) is 0 Å². The van der Waals surface area contributed by atoms with E-state index in [9.17, 15) is 9.59 Å². The molecule has 1 aliphatic rings. The number of ether oxygens (including phenoxy) is 2. The number of nitrogen functional groups attached to an aromatic ring is 2. The molecule has 2 amide bonds. The molecule has 0 saturated carbocycles. The normalized spacial score (nSPS) is 15.0. The van der Waals surface area contributed by atoms with Crippen molar-refractivity contribution in [2.75, 3.05) is 18.6 Å². The minimum atomic E-state index is -0.785. The topological polar surface area (TPSA) is 141 Å². The molecule has 0 spiro atoms. The van der Waals surface area contributed by atoms with Gasteiger partial charge in [0.25, 0.3) is 0 Å². The van der Waals surface area contributed by atoms with E-state index in [0.29, 0.717) is 46.7 Å². The van der Waals surface area contributed by atoms with Crippen molar-refractivity contribution in [3.05, 3.63) is 107 Å². The highest BCUT2D eigenvalue weighted by atomic mass is 16.5. The number of rotatable bonds is 10. The second kappa shape index (κ2) is 12.5. The first-order valence-electron chi connectivity index (χ1n) is 12.4. The minimum absolute atomic E-state index is 0.0224. The van der Waals surface area contributed by atoms with Crippen molar-refractivity contribution in [1.29, 1.82) is 0 Å². The summed E-state index contributed by atoms with van der Waals surface area (Å²) >= 11 is 0. The second-order valence-corrected chi connectivity index (χ2v) is 8.93. The van der Waals surface area contributed by atoms with Crippen LogP contribution in [0.2, 0.25) is 0 Å². The number of amides is 2. The van der Waals surface area contributed by atoms with Gasteiger partial charge in [-0.05, 0) is 65.9 Å². The van der Waals surface area contributed by atoms with E-state index in [1.807, 2.05) is 30.3 Å². The van der Waals surface area contributed by atoms with Gasteiger partial charge in [-0.2, -0.15) is 0 Å². The van der Waals surface area contributed by atoms with Gasteiger partial charge in [-0.25, -0.2) is 9.59 Å². The number of carbonyl (C=O) groups excluding carboxylic acids is 2. The molecule has 1 atom stereocenters. The summed E-state index contributed by atoms with van der Waals surface area (Å²) in [5, 5.41) is 5.67. The van der Waals surface area contributed by atoms with Crippen molar-refractivity contribution >= 4 is 35.3 Å². The number of aryl methyl sites for hydroxylation is 1. The number of methoxy groups -OCH3 is 1. The third-order valence-corrected chi connectivity index (χ3v) is 6.20. The zero-order chi connectivity index (χ0) is 27.8. The van der Waals surface area contributed by atoms with Crippen molar-refractivity contribution < 1.29 is 19.1 Å². The number of nitrogens with two attached hydrogens (primary N) is 2. The van der Waals surface area contributed by atoms with Crippen LogP contribution in [0.15, 0.2) is 95.6 Å². The van der Waals surface area contributed by atoms with E-state index in [0.717, 1.165) is 16.9 Å². The Bertz CT molecular complexity index is 1450. The minimum Gasteiger partial charge on any atom is -0.497 e. The number of nitrogens with zero attached hydrogens (tertiary/aromatic N) is 1. The Morgan fingerprint density at radius 1 is 1.05 bits per heavy atom. The van der Waals surface area contributed by atoms with Crippen LogP contribution in [0.4, 0.5) is 21.9 Å². The van der Waals surface area contributed by atoms with E-state index in [4.69, 9.17) is 20.9 Å². The summed E-state index contributed by atoms with van der Waals surface area (Å²) < 4.78 is 11.0.